The van der Waals surface area contributed by atoms with Crippen LogP contribution in [0.1, 0.15) is 32.1 Å². The molecule has 23 heavy (non-hydrogen) atoms. The third kappa shape index (κ3) is 4.53. The van der Waals surface area contributed by atoms with E-state index in [-0.39, 0.29) is 11.5 Å². The van der Waals surface area contributed by atoms with Crippen molar-refractivity contribution in [3.63, 3.8) is 0 Å². The number of amides is 1. The molecular weight excluding hydrogens is 298 g/mol. The molecule has 0 aliphatic rings. The van der Waals surface area contributed by atoms with Gasteiger partial charge in [0.1, 0.15) is 5.75 Å². The van der Waals surface area contributed by atoms with Crippen molar-refractivity contribution < 1.29 is 14.7 Å². The molecule has 7 nitrogen and oxygen atoms in total. The van der Waals surface area contributed by atoms with Gasteiger partial charge in [-0.3, -0.25) is 19.4 Å². The molecule has 2 aromatic rings. The number of aryl methyl sites for hydroxylation is 1. The number of aromatic nitrogens is 2. The lowest BCUT2D eigenvalue weighted by molar-refractivity contribution is -0.129. The fraction of sp³-hybridized carbons (Fsp3) is 0.438. The van der Waals surface area contributed by atoms with Crippen LogP contribution in [0.15, 0.2) is 29.3 Å². The number of hydrogen-bond donors (Lipinski definition) is 2. The lowest BCUT2D eigenvalue weighted by Crippen LogP contribution is -2.20. The van der Waals surface area contributed by atoms with E-state index in [1.54, 1.807) is 41.7 Å². The van der Waals surface area contributed by atoms with Crippen LogP contribution in [0.3, 0.4) is 0 Å². The van der Waals surface area contributed by atoms with Crippen molar-refractivity contribution in [1.29, 1.82) is 0 Å². The summed E-state index contributed by atoms with van der Waals surface area (Å²) in [5, 5.41) is 8.96. The van der Waals surface area contributed by atoms with E-state index in [1.807, 2.05) is 0 Å². The Morgan fingerprint density at radius 3 is 2.83 bits per heavy atom. The number of benzene rings is 1. The first kappa shape index (κ1) is 17.0. The molecule has 0 spiro atoms. The minimum absolute atomic E-state index is 0.0580. The number of rotatable bonds is 8. The van der Waals surface area contributed by atoms with Crippen LogP contribution in [0.5, 0.6) is 5.75 Å². The second-order valence-corrected chi connectivity index (χ2v) is 5.33. The molecule has 0 atom stereocenters. The topological polar surface area (TPSA) is 93.5 Å². The van der Waals surface area contributed by atoms with Gasteiger partial charge in [0.15, 0.2) is 0 Å². The predicted octanol–water partition coefficient (Wildman–Crippen LogP) is 1.86. The van der Waals surface area contributed by atoms with Gasteiger partial charge in [-0.15, -0.1) is 0 Å². The van der Waals surface area contributed by atoms with Crippen LogP contribution in [-0.4, -0.2) is 27.8 Å². The fourth-order valence-corrected chi connectivity index (χ4v) is 2.40. The highest BCUT2D eigenvalue weighted by molar-refractivity contribution is 5.78. The minimum atomic E-state index is -0.365. The SMILES string of the molecule is COc1ccc2c(=O)n(CCCCCCC(=O)NO)cnc2c1. The van der Waals surface area contributed by atoms with Crippen LogP contribution in [0.2, 0.25) is 0 Å². The Balaban J connectivity index is 1.90. The first-order valence-electron chi connectivity index (χ1n) is 7.62. The standard InChI is InChI=1S/C16H21N3O4/c1-23-12-7-8-13-14(10-12)17-11-19(16(13)21)9-5-3-2-4-6-15(20)18-22/h7-8,10-11,22H,2-6,9H2,1H3,(H,18,20). The second kappa shape index (κ2) is 8.28. The van der Waals surface area contributed by atoms with Gasteiger partial charge in [-0.2, -0.15) is 0 Å². The molecule has 0 saturated carbocycles. The maximum atomic E-state index is 12.4. The first-order valence-corrected chi connectivity index (χ1v) is 7.62. The summed E-state index contributed by atoms with van der Waals surface area (Å²) in [6, 6.07) is 5.22. The van der Waals surface area contributed by atoms with Gasteiger partial charge < -0.3 is 4.74 Å². The molecular formula is C16H21N3O4. The summed E-state index contributed by atoms with van der Waals surface area (Å²) >= 11 is 0. The molecule has 7 heteroatoms. The number of carbonyl (C=O) groups is 1. The Morgan fingerprint density at radius 1 is 1.30 bits per heavy atom. The average Bonchev–Trinajstić information content (AvgIpc) is 2.58. The van der Waals surface area contributed by atoms with Gasteiger partial charge in [-0.25, -0.2) is 10.5 Å². The van der Waals surface area contributed by atoms with Crippen LogP contribution in [0.25, 0.3) is 10.9 Å². The van der Waals surface area contributed by atoms with Crippen LogP contribution in [-0.2, 0) is 11.3 Å². The molecule has 0 bridgehead atoms. The number of ether oxygens (including phenoxy) is 1. The second-order valence-electron chi connectivity index (χ2n) is 5.33. The number of nitrogens with one attached hydrogen (secondary N) is 1. The number of hydroxylamine groups is 1. The van der Waals surface area contributed by atoms with Crippen molar-refractivity contribution in [2.75, 3.05) is 7.11 Å². The highest BCUT2D eigenvalue weighted by Crippen LogP contribution is 2.16. The van der Waals surface area contributed by atoms with Crippen molar-refractivity contribution in [2.24, 2.45) is 0 Å². The lowest BCUT2D eigenvalue weighted by Gasteiger charge is -2.07. The van der Waals surface area contributed by atoms with Gasteiger partial charge in [0.25, 0.3) is 5.56 Å². The molecule has 1 aromatic carbocycles. The normalized spacial score (nSPS) is 10.7. The molecule has 2 rings (SSSR count). The van der Waals surface area contributed by atoms with Gasteiger partial charge in [0.05, 0.1) is 24.3 Å². The quantitative estimate of drug-likeness (QED) is 0.440. The monoisotopic (exact) mass is 319 g/mol. The van der Waals surface area contributed by atoms with Gasteiger partial charge in [0.2, 0.25) is 5.91 Å². The molecule has 0 unspecified atom stereocenters. The van der Waals surface area contributed by atoms with Gasteiger partial charge >= 0.3 is 0 Å². The molecule has 0 aliphatic heterocycles. The number of carbonyl (C=O) groups excluding carboxylic acids is 1. The Hall–Kier alpha value is -2.41. The van der Waals surface area contributed by atoms with Crippen molar-refractivity contribution in [3.8, 4) is 5.75 Å². The number of methoxy groups -OCH3 is 1. The smallest absolute Gasteiger partial charge is 0.261 e. The predicted molar refractivity (Wildman–Crippen MR) is 85.6 cm³/mol. The Kier molecular flexibility index (Phi) is 6.10. The number of nitrogens with zero attached hydrogens (tertiary/aromatic N) is 2. The third-order valence-corrected chi connectivity index (χ3v) is 3.71. The molecule has 124 valence electrons. The zero-order chi connectivity index (χ0) is 16.7. The van der Waals surface area contributed by atoms with E-state index < -0.39 is 0 Å². The summed E-state index contributed by atoms with van der Waals surface area (Å²) < 4.78 is 6.73. The van der Waals surface area contributed by atoms with E-state index in [0.29, 0.717) is 29.6 Å². The summed E-state index contributed by atoms with van der Waals surface area (Å²) in [4.78, 5) is 27.5. The molecule has 1 heterocycles. The van der Waals surface area contributed by atoms with E-state index in [9.17, 15) is 9.59 Å². The first-order chi connectivity index (χ1) is 11.2. The summed E-state index contributed by atoms with van der Waals surface area (Å²) in [5.74, 6) is 0.310. The molecule has 0 radical (unpaired) electrons. The van der Waals surface area contributed by atoms with Crippen LogP contribution in [0.4, 0.5) is 0 Å². The molecule has 0 fully saturated rings. The van der Waals surface area contributed by atoms with E-state index in [1.165, 1.54) is 0 Å². The van der Waals surface area contributed by atoms with Gasteiger partial charge in [-0.1, -0.05) is 12.8 Å². The maximum absolute atomic E-state index is 12.4. The Bertz CT molecular complexity index is 727. The van der Waals surface area contributed by atoms with Crippen molar-refractivity contribution in [1.82, 2.24) is 15.0 Å². The molecule has 0 aliphatic carbocycles. The Labute approximate surface area is 133 Å². The fourth-order valence-electron chi connectivity index (χ4n) is 2.40. The number of fused-ring (bicyclic) bond motifs is 1. The molecule has 0 saturated heterocycles. The van der Waals surface area contributed by atoms with E-state index in [4.69, 9.17) is 9.94 Å². The summed E-state index contributed by atoms with van der Waals surface area (Å²) in [6.07, 6.45) is 5.21. The summed E-state index contributed by atoms with van der Waals surface area (Å²) in [5.41, 5.74) is 2.18. The molecule has 1 amide bonds. The highest BCUT2D eigenvalue weighted by Gasteiger charge is 2.05. The van der Waals surface area contributed by atoms with Crippen LogP contribution in [0, 0.1) is 0 Å². The van der Waals surface area contributed by atoms with E-state index in [2.05, 4.69) is 4.98 Å². The number of unbranched alkanes of at least 4 members (excludes halogenated alkanes) is 3. The van der Waals surface area contributed by atoms with Gasteiger partial charge in [0, 0.05) is 19.0 Å². The van der Waals surface area contributed by atoms with Crippen molar-refractivity contribution in [3.05, 3.63) is 34.9 Å². The molecule has 1 aromatic heterocycles. The zero-order valence-electron chi connectivity index (χ0n) is 13.1. The lowest BCUT2D eigenvalue weighted by atomic mass is 10.1. The minimum Gasteiger partial charge on any atom is -0.497 e. The van der Waals surface area contributed by atoms with Crippen molar-refractivity contribution >= 4 is 16.8 Å². The van der Waals surface area contributed by atoms with Crippen molar-refractivity contribution in [2.45, 2.75) is 38.6 Å². The summed E-state index contributed by atoms with van der Waals surface area (Å²) in [7, 11) is 1.58. The van der Waals surface area contributed by atoms with Crippen LogP contribution >= 0.6 is 0 Å². The zero-order valence-corrected chi connectivity index (χ0v) is 13.1. The number of hydrogen-bond acceptors (Lipinski definition) is 5. The van der Waals surface area contributed by atoms with Crippen LogP contribution < -0.4 is 15.8 Å². The van der Waals surface area contributed by atoms with Gasteiger partial charge in [-0.05, 0) is 25.0 Å². The average molecular weight is 319 g/mol. The maximum Gasteiger partial charge on any atom is 0.261 e. The highest BCUT2D eigenvalue weighted by atomic mass is 16.5. The largest absolute Gasteiger partial charge is 0.497 e. The Morgan fingerprint density at radius 2 is 2.09 bits per heavy atom. The van der Waals surface area contributed by atoms with E-state index in [0.717, 1.165) is 25.7 Å². The van der Waals surface area contributed by atoms with E-state index >= 15 is 0 Å². The third-order valence-electron chi connectivity index (χ3n) is 3.71. The molecule has 2 N–H and O–H groups in total. The summed E-state index contributed by atoms with van der Waals surface area (Å²) in [6.45, 7) is 0.597.